The van der Waals surface area contributed by atoms with Crippen molar-refractivity contribution in [1.29, 1.82) is 0 Å². The number of thioether (sulfide) groups is 1. The predicted molar refractivity (Wildman–Crippen MR) is 117 cm³/mol. The van der Waals surface area contributed by atoms with Crippen molar-refractivity contribution < 1.29 is 9.31 Å². The Hall–Kier alpha value is -2.70. The fraction of sp³-hybridized carbons (Fsp3) is 0.217. The van der Waals surface area contributed by atoms with Crippen molar-refractivity contribution in [2.45, 2.75) is 17.3 Å². The maximum Gasteiger partial charge on any atom is 0.248 e. The number of fused-ring (bicyclic) bond motifs is 1. The molecule has 0 aromatic heterocycles. The third-order valence-corrected chi connectivity index (χ3v) is 6.75. The Morgan fingerprint density at radius 2 is 1.69 bits per heavy atom. The van der Waals surface area contributed by atoms with Gasteiger partial charge in [-0.3, -0.25) is 15.0 Å². The molecule has 1 aliphatic heterocycles. The molecule has 0 bridgehead atoms. The maximum atomic E-state index is 13.4. The number of nitrogens with zero attached hydrogens (tertiary/aromatic N) is 2. The van der Waals surface area contributed by atoms with Crippen LogP contribution in [0.1, 0.15) is 16.4 Å². The summed E-state index contributed by atoms with van der Waals surface area (Å²) in [6.07, 6.45) is 1.94. The van der Waals surface area contributed by atoms with Crippen LogP contribution in [0.3, 0.4) is 0 Å². The van der Waals surface area contributed by atoms with Crippen LogP contribution in [-0.2, 0) is 0 Å². The van der Waals surface area contributed by atoms with E-state index in [1.807, 2.05) is 67.5 Å². The van der Waals surface area contributed by atoms with E-state index in [1.54, 1.807) is 12.1 Å². The van der Waals surface area contributed by atoms with Crippen molar-refractivity contribution in [2.24, 2.45) is 0 Å². The molecule has 4 rings (SSSR count). The second-order valence-electron chi connectivity index (χ2n) is 7.37. The third kappa shape index (κ3) is 3.78. The minimum atomic E-state index is -0.801. The lowest BCUT2D eigenvalue weighted by molar-refractivity contribution is -0.528. The monoisotopic (exact) mass is 408 g/mol. The van der Waals surface area contributed by atoms with Gasteiger partial charge < -0.3 is 0 Å². The maximum absolute atomic E-state index is 13.4. The van der Waals surface area contributed by atoms with E-state index in [0.717, 1.165) is 26.8 Å². The van der Waals surface area contributed by atoms with Gasteiger partial charge in [0.1, 0.15) is 11.1 Å². The van der Waals surface area contributed by atoms with Crippen LogP contribution in [-0.4, -0.2) is 36.0 Å². The average Bonchev–Trinajstić information content (AvgIpc) is 2.72. The lowest BCUT2D eigenvalue weighted by Crippen LogP contribution is -2.46. The van der Waals surface area contributed by atoms with Crippen LogP contribution in [0.2, 0.25) is 0 Å². The first kappa shape index (κ1) is 19.6. The van der Waals surface area contributed by atoms with Crippen molar-refractivity contribution in [2.75, 3.05) is 14.1 Å². The highest BCUT2D eigenvalue weighted by Gasteiger charge is 2.45. The fourth-order valence-corrected chi connectivity index (χ4v) is 5.39. The van der Waals surface area contributed by atoms with E-state index in [-0.39, 0.29) is 22.0 Å². The molecule has 0 N–H and O–H groups in total. The zero-order valence-corrected chi connectivity index (χ0v) is 17.0. The number of rotatable bonds is 4. The molecule has 1 aliphatic rings. The molecule has 3 atom stereocenters. The molecule has 6 heteroatoms. The van der Waals surface area contributed by atoms with E-state index in [0.29, 0.717) is 0 Å². The summed E-state index contributed by atoms with van der Waals surface area (Å²) in [5, 5.41) is 13.9. The fourth-order valence-electron chi connectivity index (χ4n) is 3.89. The molecular weight excluding hydrogens is 387 g/mol. The normalized spacial score (nSPS) is 21.9. The summed E-state index contributed by atoms with van der Waals surface area (Å²) >= 11 is 1.49. The summed E-state index contributed by atoms with van der Waals surface area (Å²) in [5.74, 6) is -0.298. The highest BCUT2D eigenvalue weighted by atomic mass is 32.2. The zero-order valence-electron chi connectivity index (χ0n) is 16.2. The van der Waals surface area contributed by atoms with E-state index in [4.69, 9.17) is 0 Å². The van der Waals surface area contributed by atoms with Crippen LogP contribution in [0.4, 0.5) is 4.39 Å². The number of likely N-dealkylation sites (N-methyl/N-ethyl adjacent to an activating group) is 1. The van der Waals surface area contributed by atoms with Gasteiger partial charge in [-0.15, -0.1) is 11.8 Å². The molecule has 0 spiro atoms. The van der Waals surface area contributed by atoms with Crippen LogP contribution in [0.25, 0.3) is 15.7 Å². The highest BCUT2D eigenvalue weighted by Crippen LogP contribution is 2.49. The van der Waals surface area contributed by atoms with Crippen LogP contribution < -0.4 is 0 Å². The van der Waals surface area contributed by atoms with Gasteiger partial charge in [-0.2, -0.15) is 0 Å². The highest BCUT2D eigenvalue weighted by molar-refractivity contribution is 8.08. The Morgan fingerprint density at radius 1 is 1.00 bits per heavy atom. The SMILES string of the molecule is CN(C)[C@H]1C=C(c2ccc(F)cc2)S[C@H](c2cccc3ccccc23)[C@@H]1[N+](=O)[O-]. The predicted octanol–water partition coefficient (Wildman–Crippen LogP) is 5.38. The minimum Gasteiger partial charge on any atom is -0.297 e. The first-order valence-corrected chi connectivity index (χ1v) is 10.3. The van der Waals surface area contributed by atoms with E-state index in [1.165, 1.54) is 23.9 Å². The molecule has 0 aliphatic carbocycles. The standard InChI is InChI=1S/C23H21FN2O2S/c1-25(2)20-14-21(16-10-12-17(24)13-11-16)29-23(22(20)26(27)28)19-9-5-7-15-6-3-4-8-18(15)19/h3-14,20,22-23H,1-2H3/t20-,22+,23+/m0/s1. The molecule has 3 aromatic rings. The largest absolute Gasteiger partial charge is 0.297 e. The van der Waals surface area contributed by atoms with Gasteiger partial charge in [-0.1, -0.05) is 54.6 Å². The van der Waals surface area contributed by atoms with Crippen LogP contribution >= 0.6 is 11.8 Å². The summed E-state index contributed by atoms with van der Waals surface area (Å²) in [6, 6.07) is 19.1. The summed E-state index contributed by atoms with van der Waals surface area (Å²) in [6.45, 7) is 0. The third-order valence-electron chi connectivity index (χ3n) is 5.33. The molecule has 3 aromatic carbocycles. The van der Waals surface area contributed by atoms with Gasteiger partial charge in [0.15, 0.2) is 0 Å². The first-order valence-electron chi connectivity index (χ1n) is 9.37. The quantitative estimate of drug-likeness (QED) is 0.429. The number of nitro groups is 1. The van der Waals surface area contributed by atoms with Crippen LogP contribution in [0.15, 0.2) is 72.8 Å². The molecule has 29 heavy (non-hydrogen) atoms. The van der Waals surface area contributed by atoms with Crippen LogP contribution in [0, 0.1) is 15.9 Å². The van der Waals surface area contributed by atoms with Gasteiger partial charge >= 0.3 is 0 Å². The Bertz CT molecular complexity index is 1080. The molecule has 0 saturated heterocycles. The lowest BCUT2D eigenvalue weighted by Gasteiger charge is -2.35. The Balaban J connectivity index is 1.88. The molecule has 0 fully saturated rings. The molecule has 0 radical (unpaired) electrons. The van der Waals surface area contributed by atoms with Gasteiger partial charge in [0, 0.05) is 9.83 Å². The number of benzene rings is 3. The van der Waals surface area contributed by atoms with E-state index in [2.05, 4.69) is 0 Å². The first-order chi connectivity index (χ1) is 14.0. The van der Waals surface area contributed by atoms with Gasteiger partial charge in [-0.05, 0) is 54.2 Å². The van der Waals surface area contributed by atoms with Gasteiger partial charge in [0.05, 0.1) is 6.04 Å². The summed E-state index contributed by atoms with van der Waals surface area (Å²) in [4.78, 5) is 14.8. The molecule has 1 heterocycles. The average molecular weight is 408 g/mol. The molecule has 0 unspecified atom stereocenters. The van der Waals surface area contributed by atoms with Gasteiger partial charge in [0.2, 0.25) is 6.04 Å². The van der Waals surface area contributed by atoms with E-state index >= 15 is 0 Å². The molecule has 0 amide bonds. The summed E-state index contributed by atoms with van der Waals surface area (Å²) in [5.41, 5.74) is 1.82. The Morgan fingerprint density at radius 3 is 2.38 bits per heavy atom. The van der Waals surface area contributed by atoms with Crippen molar-refractivity contribution in [1.82, 2.24) is 4.90 Å². The van der Waals surface area contributed by atoms with Crippen molar-refractivity contribution in [3.05, 3.63) is 99.9 Å². The number of halogens is 1. The van der Waals surface area contributed by atoms with Gasteiger partial charge in [0.25, 0.3) is 0 Å². The van der Waals surface area contributed by atoms with E-state index in [9.17, 15) is 14.5 Å². The van der Waals surface area contributed by atoms with Crippen molar-refractivity contribution in [3.63, 3.8) is 0 Å². The number of hydrogen-bond donors (Lipinski definition) is 0. The Kier molecular flexibility index (Phi) is 5.39. The molecule has 148 valence electrons. The van der Waals surface area contributed by atoms with Crippen LogP contribution in [0.5, 0.6) is 0 Å². The molecule has 0 saturated carbocycles. The summed E-state index contributed by atoms with van der Waals surface area (Å²) in [7, 11) is 3.71. The second-order valence-corrected chi connectivity index (χ2v) is 8.56. The molecule has 4 nitrogen and oxygen atoms in total. The zero-order chi connectivity index (χ0) is 20.5. The second kappa shape index (κ2) is 7.97. The number of hydrogen-bond acceptors (Lipinski definition) is 4. The van der Waals surface area contributed by atoms with E-state index < -0.39 is 6.04 Å². The van der Waals surface area contributed by atoms with Crippen molar-refractivity contribution in [3.8, 4) is 0 Å². The topological polar surface area (TPSA) is 46.4 Å². The smallest absolute Gasteiger partial charge is 0.248 e. The van der Waals surface area contributed by atoms with Crippen molar-refractivity contribution >= 4 is 27.4 Å². The lowest BCUT2D eigenvalue weighted by atomic mass is 9.93. The molecular formula is C23H21FN2O2S. The van der Waals surface area contributed by atoms with Gasteiger partial charge in [-0.25, -0.2) is 4.39 Å². The summed E-state index contributed by atoms with van der Waals surface area (Å²) < 4.78 is 13.4. The minimum absolute atomic E-state index is 0.165. The Labute approximate surface area is 173 Å².